The van der Waals surface area contributed by atoms with Crippen molar-refractivity contribution >= 4 is 16.7 Å². The quantitative estimate of drug-likeness (QED) is 0.476. The third-order valence-corrected chi connectivity index (χ3v) is 6.32. The number of aryl methyl sites for hydroxylation is 1. The van der Waals surface area contributed by atoms with Gasteiger partial charge in [0.15, 0.2) is 5.65 Å². The minimum Gasteiger partial charge on any atom is -0.369 e. The van der Waals surface area contributed by atoms with Crippen molar-refractivity contribution in [1.82, 2.24) is 29.4 Å². The summed E-state index contributed by atoms with van der Waals surface area (Å²) in [4.78, 5) is 9.84. The molecule has 0 atom stereocenters. The Kier molecular flexibility index (Phi) is 5.43. The molecule has 7 nitrogen and oxygen atoms in total. The summed E-state index contributed by atoms with van der Waals surface area (Å²) in [7, 11) is 2.18. The summed E-state index contributed by atoms with van der Waals surface area (Å²) in [5.74, 6) is 0. The van der Waals surface area contributed by atoms with Gasteiger partial charge in [0.05, 0.1) is 29.0 Å². The molecule has 4 aromatic rings. The Hall–Kier alpha value is -3.19. The number of nitrogens with zero attached hydrogens (tertiary/aromatic N) is 7. The number of anilines is 1. The molecule has 4 heterocycles. The maximum atomic E-state index is 5.02. The van der Waals surface area contributed by atoms with E-state index in [0.717, 1.165) is 66.4 Å². The second-order valence-electron chi connectivity index (χ2n) is 8.84. The van der Waals surface area contributed by atoms with E-state index in [0.29, 0.717) is 0 Å². The highest BCUT2D eigenvalue weighted by Gasteiger charge is 2.17. The molecule has 0 amide bonds. The molecule has 1 aliphatic heterocycles. The molecular formula is C25H31N7. The first-order chi connectivity index (χ1) is 15.5. The van der Waals surface area contributed by atoms with E-state index >= 15 is 0 Å². The molecule has 1 saturated heterocycles. The fourth-order valence-electron chi connectivity index (χ4n) is 4.42. The standard InChI is InChI=1S/C25H31N7/c1-5-22-21-10-11-23(27-25(21)31(28-22)18(2)3)24-12-13-26-32(24)20-8-6-19(7-9-20)30-16-14-29(4)15-17-30/h6-13,18H,5,14-17H2,1-4H3. The fourth-order valence-corrected chi connectivity index (χ4v) is 4.42. The summed E-state index contributed by atoms with van der Waals surface area (Å²) >= 11 is 0. The summed E-state index contributed by atoms with van der Waals surface area (Å²) < 4.78 is 4.00. The summed E-state index contributed by atoms with van der Waals surface area (Å²) in [6.45, 7) is 10.8. The molecule has 0 unspecified atom stereocenters. The Bertz CT molecular complexity index is 1210. The van der Waals surface area contributed by atoms with Crippen LogP contribution in [0.25, 0.3) is 28.1 Å². The van der Waals surface area contributed by atoms with Crippen molar-refractivity contribution in [3.8, 4) is 17.1 Å². The van der Waals surface area contributed by atoms with Crippen LogP contribution in [0.15, 0.2) is 48.7 Å². The van der Waals surface area contributed by atoms with Crippen LogP contribution >= 0.6 is 0 Å². The monoisotopic (exact) mass is 429 g/mol. The zero-order valence-corrected chi connectivity index (χ0v) is 19.4. The predicted octanol–water partition coefficient (Wildman–Crippen LogP) is 4.18. The van der Waals surface area contributed by atoms with Crippen molar-refractivity contribution < 1.29 is 0 Å². The SMILES string of the molecule is CCc1nn(C(C)C)c2nc(-c3ccnn3-c3ccc(N4CCN(C)CC4)cc3)ccc12. The number of benzene rings is 1. The van der Waals surface area contributed by atoms with Gasteiger partial charge < -0.3 is 9.80 Å². The third kappa shape index (κ3) is 3.66. The van der Waals surface area contributed by atoms with E-state index in [1.807, 2.05) is 21.6 Å². The lowest BCUT2D eigenvalue weighted by Gasteiger charge is -2.34. The Balaban J connectivity index is 1.48. The number of hydrogen-bond donors (Lipinski definition) is 0. The second-order valence-corrected chi connectivity index (χ2v) is 8.84. The van der Waals surface area contributed by atoms with Crippen LogP contribution < -0.4 is 4.90 Å². The van der Waals surface area contributed by atoms with E-state index in [-0.39, 0.29) is 6.04 Å². The number of pyridine rings is 1. The zero-order valence-electron chi connectivity index (χ0n) is 19.4. The number of hydrogen-bond acceptors (Lipinski definition) is 5. The molecule has 166 valence electrons. The predicted molar refractivity (Wildman–Crippen MR) is 130 cm³/mol. The minimum atomic E-state index is 0.257. The van der Waals surface area contributed by atoms with Gasteiger partial charge in [-0.15, -0.1) is 0 Å². The maximum Gasteiger partial charge on any atom is 0.159 e. The van der Waals surface area contributed by atoms with E-state index in [1.165, 1.54) is 5.69 Å². The van der Waals surface area contributed by atoms with Crippen LogP contribution in [0.3, 0.4) is 0 Å². The molecule has 1 fully saturated rings. The van der Waals surface area contributed by atoms with Crippen molar-refractivity contribution in [1.29, 1.82) is 0 Å². The van der Waals surface area contributed by atoms with Crippen molar-refractivity contribution in [2.24, 2.45) is 0 Å². The van der Waals surface area contributed by atoms with Crippen LogP contribution in [0, 0.1) is 0 Å². The van der Waals surface area contributed by atoms with Gasteiger partial charge in [-0.1, -0.05) is 6.92 Å². The maximum absolute atomic E-state index is 5.02. The highest BCUT2D eigenvalue weighted by molar-refractivity contribution is 5.81. The largest absolute Gasteiger partial charge is 0.369 e. The normalized spacial score (nSPS) is 15.2. The Morgan fingerprint density at radius 3 is 2.31 bits per heavy atom. The highest BCUT2D eigenvalue weighted by atomic mass is 15.3. The Morgan fingerprint density at radius 2 is 1.62 bits per heavy atom. The average molecular weight is 430 g/mol. The molecule has 1 aliphatic rings. The van der Waals surface area contributed by atoms with Crippen LogP contribution in [-0.2, 0) is 6.42 Å². The Morgan fingerprint density at radius 1 is 0.906 bits per heavy atom. The number of rotatable bonds is 5. The van der Waals surface area contributed by atoms with Crippen molar-refractivity contribution in [3.05, 3.63) is 54.4 Å². The van der Waals surface area contributed by atoms with Crippen LogP contribution in [-0.4, -0.2) is 62.7 Å². The van der Waals surface area contributed by atoms with Crippen LogP contribution in [0.5, 0.6) is 0 Å². The lowest BCUT2D eigenvalue weighted by atomic mass is 10.2. The number of piperazine rings is 1. The van der Waals surface area contributed by atoms with Crippen molar-refractivity contribution in [2.45, 2.75) is 33.2 Å². The first-order valence-corrected chi connectivity index (χ1v) is 11.5. The van der Waals surface area contributed by atoms with Gasteiger partial charge in [0, 0.05) is 43.3 Å². The van der Waals surface area contributed by atoms with Gasteiger partial charge in [0.1, 0.15) is 0 Å². The lowest BCUT2D eigenvalue weighted by Crippen LogP contribution is -2.44. The van der Waals surface area contributed by atoms with Crippen LogP contribution in [0.1, 0.15) is 32.5 Å². The smallest absolute Gasteiger partial charge is 0.159 e. The molecule has 7 heteroatoms. The highest BCUT2D eigenvalue weighted by Crippen LogP contribution is 2.27. The van der Waals surface area contributed by atoms with Gasteiger partial charge in [-0.05, 0) is 69.8 Å². The molecule has 0 saturated carbocycles. The molecule has 0 aliphatic carbocycles. The van der Waals surface area contributed by atoms with Gasteiger partial charge in [0.2, 0.25) is 0 Å². The molecule has 0 spiro atoms. The van der Waals surface area contributed by atoms with E-state index in [9.17, 15) is 0 Å². The number of aromatic nitrogens is 5. The summed E-state index contributed by atoms with van der Waals surface area (Å²) in [6, 6.07) is 15.2. The Labute approximate surface area is 189 Å². The first kappa shape index (κ1) is 20.7. The van der Waals surface area contributed by atoms with E-state index in [2.05, 4.69) is 79.1 Å². The molecule has 0 bridgehead atoms. The molecule has 0 N–H and O–H groups in total. The second kappa shape index (κ2) is 8.39. The fraction of sp³-hybridized carbons (Fsp3) is 0.400. The van der Waals surface area contributed by atoms with Gasteiger partial charge >= 0.3 is 0 Å². The van der Waals surface area contributed by atoms with Crippen molar-refractivity contribution in [2.75, 3.05) is 38.1 Å². The van der Waals surface area contributed by atoms with Gasteiger partial charge in [0.25, 0.3) is 0 Å². The molecule has 32 heavy (non-hydrogen) atoms. The van der Waals surface area contributed by atoms with Gasteiger partial charge in [-0.2, -0.15) is 10.2 Å². The van der Waals surface area contributed by atoms with Crippen LogP contribution in [0.2, 0.25) is 0 Å². The molecule has 5 rings (SSSR count). The molecule has 3 aromatic heterocycles. The first-order valence-electron chi connectivity index (χ1n) is 11.5. The molecular weight excluding hydrogens is 398 g/mol. The third-order valence-electron chi connectivity index (χ3n) is 6.32. The van der Waals surface area contributed by atoms with Crippen LogP contribution in [0.4, 0.5) is 5.69 Å². The van der Waals surface area contributed by atoms with E-state index in [4.69, 9.17) is 10.1 Å². The lowest BCUT2D eigenvalue weighted by molar-refractivity contribution is 0.313. The van der Waals surface area contributed by atoms with E-state index in [1.54, 1.807) is 0 Å². The number of fused-ring (bicyclic) bond motifs is 1. The van der Waals surface area contributed by atoms with Crippen molar-refractivity contribution in [3.63, 3.8) is 0 Å². The number of likely N-dealkylation sites (N-methyl/N-ethyl adjacent to an activating group) is 1. The zero-order chi connectivity index (χ0) is 22.2. The van der Waals surface area contributed by atoms with Gasteiger partial charge in [-0.25, -0.2) is 14.3 Å². The summed E-state index contributed by atoms with van der Waals surface area (Å²) in [5.41, 5.74) is 6.23. The van der Waals surface area contributed by atoms with Gasteiger partial charge in [-0.3, -0.25) is 0 Å². The minimum absolute atomic E-state index is 0.257. The topological polar surface area (TPSA) is 55.0 Å². The molecule has 1 aromatic carbocycles. The van der Waals surface area contributed by atoms with E-state index < -0.39 is 0 Å². The summed E-state index contributed by atoms with van der Waals surface area (Å²) in [5, 5.41) is 10.5. The molecule has 0 radical (unpaired) electrons. The summed E-state index contributed by atoms with van der Waals surface area (Å²) in [6.07, 6.45) is 2.74. The average Bonchev–Trinajstić information content (AvgIpc) is 3.44.